The number of piperazine rings is 1. The average Bonchev–Trinajstić information content (AvgIpc) is 2.94. The van der Waals surface area contributed by atoms with Gasteiger partial charge in [-0.2, -0.15) is 5.26 Å². The lowest BCUT2D eigenvalue weighted by Gasteiger charge is -2.40. The monoisotopic (exact) mass is 464 g/mol. The third-order valence-electron chi connectivity index (χ3n) is 6.01. The topological polar surface area (TPSA) is 86.0 Å². The summed E-state index contributed by atoms with van der Waals surface area (Å²) in [4.78, 5) is 21.6. The van der Waals surface area contributed by atoms with Gasteiger partial charge in [0.1, 0.15) is 11.2 Å². The lowest BCUT2D eigenvalue weighted by molar-refractivity contribution is 0.0726. The van der Waals surface area contributed by atoms with Crippen molar-refractivity contribution in [1.82, 2.24) is 20.1 Å². The van der Waals surface area contributed by atoms with Crippen LogP contribution in [0.15, 0.2) is 72.9 Å². The van der Waals surface area contributed by atoms with Crippen molar-refractivity contribution in [1.29, 1.82) is 5.26 Å². The molecule has 5 rings (SSSR count). The summed E-state index contributed by atoms with van der Waals surface area (Å²) < 4.78 is 0. The molecule has 0 unspecified atom stereocenters. The zero-order chi connectivity index (χ0) is 24.8. The number of pyridine rings is 1. The molecule has 1 amide bonds. The summed E-state index contributed by atoms with van der Waals surface area (Å²) in [5, 5.41) is 19.1. The summed E-state index contributed by atoms with van der Waals surface area (Å²) in [5.41, 5.74) is 3.70. The lowest BCUT2D eigenvalue weighted by Crippen LogP contribution is -2.54. The molecule has 3 heterocycles. The van der Waals surface area contributed by atoms with Crippen molar-refractivity contribution in [2.24, 2.45) is 0 Å². The van der Waals surface area contributed by atoms with Gasteiger partial charge in [-0.05, 0) is 43.3 Å². The van der Waals surface area contributed by atoms with Gasteiger partial charge in [0.25, 0.3) is 5.91 Å². The van der Waals surface area contributed by atoms with Gasteiger partial charge in [0.2, 0.25) is 0 Å². The van der Waals surface area contributed by atoms with E-state index >= 15 is 0 Å². The number of amides is 1. The molecule has 0 aliphatic carbocycles. The molecule has 1 saturated heterocycles. The zero-order valence-corrected chi connectivity index (χ0v) is 20.2. The van der Waals surface area contributed by atoms with Crippen molar-refractivity contribution >= 4 is 22.6 Å². The standard InChI is InChI=1S/C26H22N6O.C2H6/c1-18-17-31(26(33)21-6-3-2-4-7-21)14-15-32(18)25-24-22(8-5-13-28-24)23(29-30-25)20-11-9-19(16-27)10-12-20;1-2/h2-13,18H,14-15,17H2,1H3;1-2H3/t18-;/m1./s1. The molecule has 0 spiro atoms. The fraction of sp³-hybridized carbons (Fsp3) is 0.250. The fourth-order valence-electron chi connectivity index (χ4n) is 4.30. The number of rotatable bonds is 3. The Hall–Kier alpha value is -4.31. The Morgan fingerprint density at radius 2 is 1.71 bits per heavy atom. The summed E-state index contributed by atoms with van der Waals surface area (Å²) >= 11 is 0. The Kier molecular flexibility index (Phi) is 7.32. The van der Waals surface area contributed by atoms with Gasteiger partial charge in [0.15, 0.2) is 5.82 Å². The first-order valence-electron chi connectivity index (χ1n) is 11.9. The molecule has 2 aromatic heterocycles. The average molecular weight is 465 g/mol. The number of hydrogen-bond donors (Lipinski definition) is 0. The van der Waals surface area contributed by atoms with E-state index in [0.29, 0.717) is 30.8 Å². The molecule has 1 aliphatic heterocycles. The second-order valence-corrected chi connectivity index (χ2v) is 8.12. The van der Waals surface area contributed by atoms with Crippen LogP contribution in [-0.4, -0.2) is 51.7 Å². The number of fused-ring (bicyclic) bond motifs is 1. The van der Waals surface area contributed by atoms with E-state index in [1.807, 2.05) is 73.3 Å². The summed E-state index contributed by atoms with van der Waals surface area (Å²) in [6.07, 6.45) is 1.76. The SMILES string of the molecule is CC.C[C@@H]1CN(C(=O)c2ccccc2)CCN1c1nnc(-c2ccc(C#N)cc2)c2cccnc12. The Bertz CT molecular complexity index is 1350. The minimum atomic E-state index is 0.0485. The number of hydrogen-bond acceptors (Lipinski definition) is 6. The van der Waals surface area contributed by atoms with Crippen LogP contribution in [0.5, 0.6) is 0 Å². The van der Waals surface area contributed by atoms with E-state index in [-0.39, 0.29) is 11.9 Å². The van der Waals surface area contributed by atoms with Crippen molar-refractivity contribution in [3.8, 4) is 17.3 Å². The van der Waals surface area contributed by atoms with Gasteiger partial charge in [0.05, 0.1) is 11.6 Å². The lowest BCUT2D eigenvalue weighted by atomic mass is 10.0. The molecule has 7 nitrogen and oxygen atoms in total. The van der Waals surface area contributed by atoms with Gasteiger partial charge >= 0.3 is 0 Å². The first-order chi connectivity index (χ1) is 17.2. The van der Waals surface area contributed by atoms with Crippen LogP contribution < -0.4 is 4.90 Å². The van der Waals surface area contributed by atoms with Gasteiger partial charge in [-0.1, -0.05) is 44.2 Å². The maximum Gasteiger partial charge on any atom is 0.253 e. The predicted molar refractivity (Wildman–Crippen MR) is 138 cm³/mol. The summed E-state index contributed by atoms with van der Waals surface area (Å²) in [5.74, 6) is 0.773. The summed E-state index contributed by atoms with van der Waals surface area (Å²) in [6, 6.07) is 22.8. The van der Waals surface area contributed by atoms with Crippen molar-refractivity contribution in [3.63, 3.8) is 0 Å². The Morgan fingerprint density at radius 3 is 2.40 bits per heavy atom. The Morgan fingerprint density at radius 1 is 0.971 bits per heavy atom. The van der Waals surface area contributed by atoms with Gasteiger partial charge in [-0.15, -0.1) is 10.2 Å². The number of aromatic nitrogens is 3. The molecule has 0 N–H and O–H groups in total. The van der Waals surface area contributed by atoms with E-state index in [1.165, 1.54) is 0 Å². The third-order valence-corrected chi connectivity index (χ3v) is 6.01. The second kappa shape index (κ2) is 10.7. The molecule has 0 radical (unpaired) electrons. The minimum Gasteiger partial charge on any atom is -0.347 e. The Labute approximate surface area is 205 Å². The van der Waals surface area contributed by atoms with Gasteiger partial charge in [0, 0.05) is 48.4 Å². The highest BCUT2D eigenvalue weighted by molar-refractivity contribution is 5.98. The predicted octanol–water partition coefficient (Wildman–Crippen LogP) is 4.94. The molecule has 1 atom stereocenters. The zero-order valence-electron chi connectivity index (χ0n) is 20.2. The number of anilines is 1. The molecular weight excluding hydrogens is 436 g/mol. The maximum atomic E-state index is 12.9. The molecule has 1 fully saturated rings. The van der Waals surface area contributed by atoms with E-state index in [9.17, 15) is 4.79 Å². The van der Waals surface area contributed by atoms with Crippen molar-refractivity contribution in [2.75, 3.05) is 24.5 Å². The normalized spacial score (nSPS) is 15.2. The molecule has 35 heavy (non-hydrogen) atoms. The highest BCUT2D eigenvalue weighted by atomic mass is 16.2. The summed E-state index contributed by atoms with van der Waals surface area (Å²) in [6.45, 7) is 7.94. The number of nitrogens with zero attached hydrogens (tertiary/aromatic N) is 6. The van der Waals surface area contributed by atoms with Crippen LogP contribution in [0.1, 0.15) is 36.7 Å². The third kappa shape index (κ3) is 4.82. The van der Waals surface area contributed by atoms with Gasteiger partial charge in [-0.25, -0.2) is 0 Å². The molecule has 0 bridgehead atoms. The van der Waals surface area contributed by atoms with Crippen LogP contribution in [0.3, 0.4) is 0 Å². The van der Waals surface area contributed by atoms with Gasteiger partial charge < -0.3 is 9.80 Å². The van der Waals surface area contributed by atoms with Crippen LogP contribution >= 0.6 is 0 Å². The smallest absolute Gasteiger partial charge is 0.253 e. The van der Waals surface area contributed by atoms with Crippen LogP contribution in [0, 0.1) is 11.3 Å². The van der Waals surface area contributed by atoms with Crippen LogP contribution in [0.2, 0.25) is 0 Å². The summed E-state index contributed by atoms with van der Waals surface area (Å²) in [7, 11) is 0. The minimum absolute atomic E-state index is 0.0485. The maximum absolute atomic E-state index is 12.9. The quantitative estimate of drug-likeness (QED) is 0.427. The van der Waals surface area contributed by atoms with E-state index in [1.54, 1.807) is 18.3 Å². The molecule has 2 aromatic carbocycles. The van der Waals surface area contributed by atoms with Crippen LogP contribution in [-0.2, 0) is 0 Å². The molecule has 176 valence electrons. The molecule has 1 aliphatic rings. The molecule has 7 heteroatoms. The highest BCUT2D eigenvalue weighted by Gasteiger charge is 2.30. The first-order valence-corrected chi connectivity index (χ1v) is 11.9. The van der Waals surface area contributed by atoms with E-state index < -0.39 is 0 Å². The number of benzene rings is 2. The van der Waals surface area contributed by atoms with Crippen LogP contribution in [0.25, 0.3) is 22.2 Å². The first kappa shape index (κ1) is 23.8. The number of carbonyl (C=O) groups is 1. The number of carbonyl (C=O) groups excluding carboxylic acids is 1. The van der Waals surface area contributed by atoms with Crippen molar-refractivity contribution < 1.29 is 4.79 Å². The Balaban J connectivity index is 0.00000141. The van der Waals surface area contributed by atoms with Crippen molar-refractivity contribution in [2.45, 2.75) is 26.8 Å². The van der Waals surface area contributed by atoms with Gasteiger partial charge in [-0.3, -0.25) is 9.78 Å². The van der Waals surface area contributed by atoms with E-state index in [4.69, 9.17) is 5.26 Å². The second-order valence-electron chi connectivity index (χ2n) is 8.12. The molecule has 0 saturated carbocycles. The van der Waals surface area contributed by atoms with E-state index in [2.05, 4.69) is 33.1 Å². The van der Waals surface area contributed by atoms with E-state index in [0.717, 1.165) is 28.0 Å². The molecule has 4 aromatic rings. The van der Waals surface area contributed by atoms with Crippen LogP contribution in [0.4, 0.5) is 5.82 Å². The molecular formula is C28H28N6O. The largest absolute Gasteiger partial charge is 0.347 e. The number of nitriles is 1. The fourth-order valence-corrected chi connectivity index (χ4v) is 4.30. The highest BCUT2D eigenvalue weighted by Crippen LogP contribution is 2.31. The van der Waals surface area contributed by atoms with Crippen molar-refractivity contribution in [3.05, 3.63) is 84.1 Å².